The van der Waals surface area contributed by atoms with Crippen LogP contribution in [0.15, 0.2) is 48.9 Å². The molecule has 60 heavy (non-hydrogen) atoms. The third kappa shape index (κ3) is 14.5. The molecule has 2 saturated heterocycles. The molecule has 2 saturated carbocycles. The van der Waals surface area contributed by atoms with E-state index in [4.69, 9.17) is 9.47 Å². The molecule has 4 fully saturated rings. The number of hydrogen-bond acceptors (Lipinski definition) is 8. The lowest BCUT2D eigenvalue weighted by Gasteiger charge is -2.37. The predicted molar refractivity (Wildman–Crippen MR) is 234 cm³/mol. The smallest absolute Gasteiger partial charge is 0.410 e. The van der Waals surface area contributed by atoms with Crippen molar-refractivity contribution in [3.8, 4) is 0 Å². The SMILES string of the molecule is CN(CC1CCC(C(=O)N2CCC(c3ccccn3)CC2)CC1)C(=O)OC(C)(C)C.CN(CC1CCC(C(=O)N2CCC(c3cccnc3)CC2)CC1)C(=O)OC(C)(C)C. The van der Waals surface area contributed by atoms with Crippen molar-refractivity contribution in [2.24, 2.45) is 23.7 Å². The van der Waals surface area contributed by atoms with Gasteiger partial charge in [0, 0.05) is 95.4 Å². The van der Waals surface area contributed by atoms with Gasteiger partial charge in [0.05, 0.1) is 0 Å². The first-order valence-electron chi connectivity index (χ1n) is 22.7. The zero-order chi connectivity index (χ0) is 43.5. The highest BCUT2D eigenvalue weighted by molar-refractivity contribution is 5.79. The number of nitrogens with zero attached hydrogens (tertiary/aromatic N) is 6. The number of piperidine rings is 2. The zero-order valence-corrected chi connectivity index (χ0v) is 37.9. The Morgan fingerprint density at radius 1 is 0.600 bits per heavy atom. The van der Waals surface area contributed by atoms with E-state index < -0.39 is 11.2 Å². The van der Waals surface area contributed by atoms with Crippen LogP contribution in [-0.2, 0) is 19.1 Å². The number of carbonyl (C=O) groups excluding carboxylic acids is 4. The van der Waals surface area contributed by atoms with Gasteiger partial charge in [0.1, 0.15) is 11.2 Å². The van der Waals surface area contributed by atoms with E-state index in [1.54, 1.807) is 23.9 Å². The molecule has 0 bridgehead atoms. The molecule has 0 spiro atoms. The normalized spacial score (nSPS) is 23.1. The summed E-state index contributed by atoms with van der Waals surface area (Å²) in [6.07, 6.45) is 16.8. The zero-order valence-electron chi connectivity index (χ0n) is 37.9. The Morgan fingerprint density at radius 2 is 1.05 bits per heavy atom. The van der Waals surface area contributed by atoms with Gasteiger partial charge in [-0.2, -0.15) is 0 Å². The van der Waals surface area contributed by atoms with E-state index in [9.17, 15) is 19.2 Å². The number of ether oxygens (including phenoxy) is 2. The van der Waals surface area contributed by atoms with E-state index in [1.165, 1.54) is 5.56 Å². The number of likely N-dealkylation sites (tertiary alicyclic amines) is 2. The van der Waals surface area contributed by atoms with Gasteiger partial charge in [0.2, 0.25) is 11.8 Å². The molecule has 2 aliphatic carbocycles. The van der Waals surface area contributed by atoms with Gasteiger partial charge in [-0.05, 0) is 160 Å². The fourth-order valence-electron chi connectivity index (χ4n) is 9.37. The van der Waals surface area contributed by atoms with Gasteiger partial charge in [0.25, 0.3) is 0 Å². The standard InChI is InChI=1S/2C24H37N3O3/c1-24(2,3)30-23(29)26(4)17-18-7-9-20(10-8-18)22(28)27-14-11-19(12-15-27)21-6-5-13-25-16-21;1-24(2,3)30-23(29)26(4)17-18-8-10-20(11-9-18)22(28)27-15-12-19(13-16-27)21-7-5-6-14-25-21/h5-6,13,16,18-20H,7-12,14-15,17H2,1-4H3;5-7,14,18-20H,8-13,15-17H2,1-4H3. The molecule has 12 heteroatoms. The fourth-order valence-corrected chi connectivity index (χ4v) is 9.37. The first kappa shape index (κ1) is 46.8. The van der Waals surface area contributed by atoms with Gasteiger partial charge in [-0.15, -0.1) is 0 Å². The largest absolute Gasteiger partial charge is 0.444 e. The minimum Gasteiger partial charge on any atom is -0.444 e. The summed E-state index contributed by atoms with van der Waals surface area (Å²) in [6, 6.07) is 10.2. The summed E-state index contributed by atoms with van der Waals surface area (Å²) in [5, 5.41) is 0. The maximum atomic E-state index is 13.0. The minimum atomic E-state index is -0.473. The summed E-state index contributed by atoms with van der Waals surface area (Å²) in [4.78, 5) is 66.6. The molecule has 2 aromatic heterocycles. The van der Waals surface area contributed by atoms with Crippen LogP contribution in [0, 0.1) is 23.7 Å². The molecule has 4 aliphatic rings. The molecular formula is C48H74N6O6. The van der Waals surface area contributed by atoms with Crippen LogP contribution in [0.2, 0.25) is 0 Å². The quantitative estimate of drug-likeness (QED) is 0.258. The summed E-state index contributed by atoms with van der Waals surface area (Å²) in [6.45, 7) is 16.1. The van der Waals surface area contributed by atoms with Gasteiger partial charge in [-0.3, -0.25) is 19.6 Å². The lowest BCUT2D eigenvalue weighted by Crippen LogP contribution is -2.43. The summed E-state index contributed by atoms with van der Waals surface area (Å²) < 4.78 is 10.9. The van der Waals surface area contributed by atoms with Crippen LogP contribution in [0.4, 0.5) is 9.59 Å². The van der Waals surface area contributed by atoms with Crippen LogP contribution in [0.3, 0.4) is 0 Å². The highest BCUT2D eigenvalue weighted by atomic mass is 16.6. The summed E-state index contributed by atoms with van der Waals surface area (Å²) in [5.41, 5.74) is 1.50. The molecule has 332 valence electrons. The Kier molecular flexibility index (Phi) is 16.8. The van der Waals surface area contributed by atoms with Crippen molar-refractivity contribution >= 4 is 24.0 Å². The number of aromatic nitrogens is 2. The fraction of sp³-hybridized carbons (Fsp3) is 0.708. The van der Waals surface area contributed by atoms with Crippen molar-refractivity contribution in [1.82, 2.24) is 29.6 Å². The number of pyridine rings is 2. The minimum absolute atomic E-state index is 0.138. The van der Waals surface area contributed by atoms with E-state index in [2.05, 4.69) is 31.9 Å². The highest BCUT2D eigenvalue weighted by Crippen LogP contribution is 2.35. The molecule has 2 aliphatic heterocycles. The molecule has 4 amide bonds. The molecule has 0 unspecified atom stereocenters. The van der Waals surface area contributed by atoms with Crippen LogP contribution in [0.5, 0.6) is 0 Å². The van der Waals surface area contributed by atoms with Crippen LogP contribution >= 0.6 is 0 Å². The van der Waals surface area contributed by atoms with Crippen molar-refractivity contribution in [3.63, 3.8) is 0 Å². The molecule has 0 aromatic carbocycles. The molecule has 0 atom stereocenters. The first-order valence-corrected chi connectivity index (χ1v) is 22.7. The Labute approximate surface area is 360 Å². The van der Waals surface area contributed by atoms with Gasteiger partial charge in [-0.1, -0.05) is 12.1 Å². The monoisotopic (exact) mass is 831 g/mol. The van der Waals surface area contributed by atoms with Crippen LogP contribution in [0.1, 0.15) is 142 Å². The van der Waals surface area contributed by atoms with Crippen LogP contribution in [-0.4, -0.2) is 118 Å². The van der Waals surface area contributed by atoms with Gasteiger partial charge < -0.3 is 29.1 Å². The predicted octanol–water partition coefficient (Wildman–Crippen LogP) is 8.92. The maximum Gasteiger partial charge on any atom is 0.410 e. The summed E-state index contributed by atoms with van der Waals surface area (Å²) in [5.74, 6) is 2.81. The molecule has 12 nitrogen and oxygen atoms in total. The average molecular weight is 831 g/mol. The van der Waals surface area contributed by atoms with E-state index in [0.29, 0.717) is 48.6 Å². The number of rotatable bonds is 8. The third-order valence-corrected chi connectivity index (χ3v) is 12.7. The Balaban J connectivity index is 0.000000228. The van der Waals surface area contributed by atoms with Crippen LogP contribution in [0.25, 0.3) is 0 Å². The van der Waals surface area contributed by atoms with Gasteiger partial charge in [0.15, 0.2) is 0 Å². The van der Waals surface area contributed by atoms with Crippen molar-refractivity contribution in [1.29, 1.82) is 0 Å². The Bertz CT molecular complexity index is 1520. The second-order valence-electron chi connectivity index (χ2n) is 19.9. The van der Waals surface area contributed by atoms with Crippen molar-refractivity contribution in [3.05, 3.63) is 60.2 Å². The van der Waals surface area contributed by atoms with E-state index in [1.807, 2.05) is 78.3 Å². The summed E-state index contributed by atoms with van der Waals surface area (Å²) >= 11 is 0. The van der Waals surface area contributed by atoms with Crippen molar-refractivity contribution in [2.45, 2.75) is 142 Å². The first-order chi connectivity index (χ1) is 28.5. The van der Waals surface area contributed by atoms with E-state index in [-0.39, 0.29) is 24.0 Å². The highest BCUT2D eigenvalue weighted by Gasteiger charge is 2.35. The molecule has 0 N–H and O–H groups in total. The van der Waals surface area contributed by atoms with Gasteiger partial charge in [-0.25, -0.2) is 9.59 Å². The summed E-state index contributed by atoms with van der Waals surface area (Å²) in [7, 11) is 3.61. The maximum absolute atomic E-state index is 13.0. The lowest BCUT2D eigenvalue weighted by molar-refractivity contribution is -0.138. The van der Waals surface area contributed by atoms with E-state index >= 15 is 0 Å². The number of carbonyl (C=O) groups is 4. The third-order valence-electron chi connectivity index (χ3n) is 12.7. The Hall–Kier alpha value is -4.22. The second kappa shape index (κ2) is 21.5. The van der Waals surface area contributed by atoms with Gasteiger partial charge >= 0.3 is 12.2 Å². The van der Waals surface area contributed by atoms with Crippen molar-refractivity contribution in [2.75, 3.05) is 53.4 Å². The number of hydrogen-bond donors (Lipinski definition) is 0. The molecule has 4 heterocycles. The molecule has 2 aromatic rings. The number of amides is 4. The molecule has 6 rings (SSSR count). The topological polar surface area (TPSA) is 125 Å². The van der Waals surface area contributed by atoms with E-state index in [0.717, 1.165) is 109 Å². The second-order valence-corrected chi connectivity index (χ2v) is 19.9. The van der Waals surface area contributed by atoms with Crippen molar-refractivity contribution < 1.29 is 28.7 Å². The van der Waals surface area contributed by atoms with Crippen LogP contribution < -0.4 is 0 Å². The average Bonchev–Trinajstić information content (AvgIpc) is 3.23. The lowest BCUT2D eigenvalue weighted by atomic mass is 9.80. The molecular weight excluding hydrogens is 757 g/mol. The Morgan fingerprint density at radius 3 is 1.43 bits per heavy atom. The molecule has 0 radical (unpaired) electrons.